The molecule has 1 heterocycles. The van der Waals surface area contributed by atoms with Gasteiger partial charge in [0, 0.05) is 0 Å². The lowest BCUT2D eigenvalue weighted by Gasteiger charge is -2.08. The zero-order chi connectivity index (χ0) is 11.1. The first-order chi connectivity index (χ1) is 7.00. The zero-order valence-corrected chi connectivity index (χ0v) is 7.30. The smallest absolute Gasteiger partial charge is 0.313 e. The fourth-order valence-corrected chi connectivity index (χ4v) is 1.36. The topological polar surface area (TPSA) is 45.8 Å². The first-order valence-electron chi connectivity index (χ1n) is 4.04. The number of nitrogens with one attached hydrogen (secondary N) is 1. The van der Waals surface area contributed by atoms with E-state index in [0.717, 1.165) is 12.4 Å². The van der Waals surface area contributed by atoms with Crippen molar-refractivity contribution >= 4 is 10.9 Å². The van der Waals surface area contributed by atoms with E-state index in [1.54, 1.807) is 0 Å². The van der Waals surface area contributed by atoms with Gasteiger partial charge in [-0.1, -0.05) is 6.07 Å². The number of hydrogen-bond donors (Lipinski definition) is 1. The second-order valence-electron chi connectivity index (χ2n) is 2.93. The zero-order valence-electron chi connectivity index (χ0n) is 7.30. The molecule has 1 aromatic heterocycles. The van der Waals surface area contributed by atoms with Crippen LogP contribution in [-0.4, -0.2) is 9.97 Å². The quantitative estimate of drug-likeness (QED) is 0.728. The molecule has 2 aromatic rings. The Morgan fingerprint density at radius 3 is 2.67 bits per heavy atom. The third-order valence-electron chi connectivity index (χ3n) is 1.97. The molecule has 0 saturated carbocycles. The van der Waals surface area contributed by atoms with Crippen molar-refractivity contribution in [3.63, 3.8) is 0 Å². The molecule has 0 radical (unpaired) electrons. The summed E-state index contributed by atoms with van der Waals surface area (Å²) >= 11 is 0. The van der Waals surface area contributed by atoms with Crippen LogP contribution in [0.2, 0.25) is 0 Å². The van der Waals surface area contributed by atoms with Crippen LogP contribution in [0.3, 0.4) is 0 Å². The van der Waals surface area contributed by atoms with Crippen molar-refractivity contribution in [2.45, 2.75) is 6.18 Å². The summed E-state index contributed by atoms with van der Waals surface area (Å²) in [6, 6.07) is 3.44. The van der Waals surface area contributed by atoms with Crippen LogP contribution in [0.25, 0.3) is 10.9 Å². The second-order valence-corrected chi connectivity index (χ2v) is 2.93. The van der Waals surface area contributed by atoms with Crippen molar-refractivity contribution in [1.82, 2.24) is 9.97 Å². The normalized spacial score (nSPS) is 11.9. The molecule has 0 amide bonds. The Hall–Kier alpha value is -1.85. The van der Waals surface area contributed by atoms with Crippen molar-refractivity contribution in [2.24, 2.45) is 0 Å². The standard InChI is InChI=1S/C9H5F3N2O/c10-9(11,12)5-2-1-3-6-7(5)8(15)14-4-13-6/h1-4H,(H,13,14,15). The fourth-order valence-electron chi connectivity index (χ4n) is 1.36. The van der Waals surface area contributed by atoms with Crippen LogP contribution in [0.5, 0.6) is 0 Å². The van der Waals surface area contributed by atoms with Crippen molar-refractivity contribution in [3.8, 4) is 0 Å². The molecule has 0 saturated heterocycles. The fraction of sp³-hybridized carbons (Fsp3) is 0.111. The third kappa shape index (κ3) is 1.58. The average Bonchev–Trinajstić information content (AvgIpc) is 2.16. The molecule has 0 unspecified atom stereocenters. The lowest BCUT2D eigenvalue weighted by atomic mass is 10.1. The monoisotopic (exact) mass is 214 g/mol. The Morgan fingerprint density at radius 2 is 2.00 bits per heavy atom. The van der Waals surface area contributed by atoms with Crippen LogP contribution in [0.1, 0.15) is 5.56 Å². The number of hydrogen-bond acceptors (Lipinski definition) is 2. The third-order valence-corrected chi connectivity index (χ3v) is 1.97. The molecule has 1 N–H and O–H groups in total. The first-order valence-corrected chi connectivity index (χ1v) is 4.04. The average molecular weight is 214 g/mol. The van der Waals surface area contributed by atoms with Gasteiger partial charge in [-0.05, 0) is 12.1 Å². The Labute approximate surface area is 81.6 Å². The minimum atomic E-state index is -4.55. The summed E-state index contributed by atoms with van der Waals surface area (Å²) in [6.45, 7) is 0. The van der Waals surface area contributed by atoms with Crippen molar-refractivity contribution in [3.05, 3.63) is 40.4 Å². The van der Waals surface area contributed by atoms with Gasteiger partial charge in [0.15, 0.2) is 0 Å². The maximum absolute atomic E-state index is 12.5. The SMILES string of the molecule is O=c1[nH]cnc2cccc(C(F)(F)F)c12. The van der Waals surface area contributed by atoms with Crippen LogP contribution >= 0.6 is 0 Å². The largest absolute Gasteiger partial charge is 0.417 e. The second kappa shape index (κ2) is 3.08. The van der Waals surface area contributed by atoms with E-state index >= 15 is 0 Å². The highest BCUT2D eigenvalue weighted by Gasteiger charge is 2.33. The summed E-state index contributed by atoms with van der Waals surface area (Å²) in [7, 11) is 0. The summed E-state index contributed by atoms with van der Waals surface area (Å²) < 4.78 is 37.6. The van der Waals surface area contributed by atoms with E-state index in [1.807, 2.05) is 0 Å². The molecule has 3 nitrogen and oxygen atoms in total. The molecule has 78 valence electrons. The summed E-state index contributed by atoms with van der Waals surface area (Å²) in [5.41, 5.74) is -1.71. The maximum Gasteiger partial charge on any atom is 0.417 e. The molecule has 0 aliphatic heterocycles. The van der Waals surface area contributed by atoms with Gasteiger partial charge >= 0.3 is 6.18 Å². The molecule has 2 rings (SSSR count). The summed E-state index contributed by atoms with van der Waals surface area (Å²) in [6.07, 6.45) is -3.47. The Kier molecular flexibility index (Phi) is 1.99. The highest BCUT2D eigenvalue weighted by molar-refractivity contribution is 5.81. The van der Waals surface area contributed by atoms with Gasteiger partial charge in [-0.25, -0.2) is 4.98 Å². The number of halogens is 3. The number of aromatic nitrogens is 2. The Balaban J connectivity index is 2.93. The van der Waals surface area contributed by atoms with Gasteiger partial charge in [0.25, 0.3) is 5.56 Å². The molecule has 0 aliphatic rings. The van der Waals surface area contributed by atoms with Crippen LogP contribution in [-0.2, 0) is 6.18 Å². The van der Waals surface area contributed by atoms with Crippen LogP contribution < -0.4 is 5.56 Å². The number of fused-ring (bicyclic) bond motifs is 1. The van der Waals surface area contributed by atoms with Gasteiger partial charge in [-0.15, -0.1) is 0 Å². The Morgan fingerprint density at radius 1 is 1.27 bits per heavy atom. The summed E-state index contributed by atoms with van der Waals surface area (Å²) in [5, 5.41) is -0.424. The van der Waals surface area contributed by atoms with E-state index in [-0.39, 0.29) is 5.52 Å². The lowest BCUT2D eigenvalue weighted by Crippen LogP contribution is -2.14. The van der Waals surface area contributed by atoms with Gasteiger partial charge in [0.2, 0.25) is 0 Å². The highest BCUT2D eigenvalue weighted by Crippen LogP contribution is 2.32. The highest BCUT2D eigenvalue weighted by atomic mass is 19.4. The first kappa shape index (κ1) is 9.70. The summed E-state index contributed by atoms with van der Waals surface area (Å²) in [4.78, 5) is 17.0. The van der Waals surface area contributed by atoms with E-state index in [2.05, 4.69) is 9.97 Å². The van der Waals surface area contributed by atoms with Gasteiger partial charge in [0.05, 0.1) is 22.8 Å². The van der Waals surface area contributed by atoms with Crippen LogP contribution in [0.4, 0.5) is 13.2 Å². The van der Waals surface area contributed by atoms with Crippen molar-refractivity contribution in [1.29, 1.82) is 0 Å². The molecule has 15 heavy (non-hydrogen) atoms. The summed E-state index contributed by atoms with van der Waals surface area (Å²) in [5.74, 6) is 0. The van der Waals surface area contributed by atoms with Gasteiger partial charge in [0.1, 0.15) is 0 Å². The molecule has 0 bridgehead atoms. The maximum atomic E-state index is 12.5. The van der Waals surface area contributed by atoms with E-state index in [4.69, 9.17) is 0 Å². The van der Waals surface area contributed by atoms with E-state index in [1.165, 1.54) is 12.1 Å². The van der Waals surface area contributed by atoms with Gasteiger partial charge in [-0.2, -0.15) is 13.2 Å². The molecular weight excluding hydrogens is 209 g/mol. The number of aromatic amines is 1. The predicted molar refractivity (Wildman–Crippen MR) is 47.4 cm³/mol. The Bertz CT molecular complexity index is 554. The van der Waals surface area contributed by atoms with Crippen LogP contribution in [0, 0.1) is 0 Å². The minimum Gasteiger partial charge on any atom is -0.313 e. The molecule has 0 fully saturated rings. The van der Waals surface area contributed by atoms with Crippen molar-refractivity contribution in [2.75, 3.05) is 0 Å². The van der Waals surface area contributed by atoms with E-state index in [0.29, 0.717) is 0 Å². The number of rotatable bonds is 0. The van der Waals surface area contributed by atoms with Crippen molar-refractivity contribution < 1.29 is 13.2 Å². The van der Waals surface area contributed by atoms with Crippen LogP contribution in [0.15, 0.2) is 29.3 Å². The molecule has 0 spiro atoms. The number of benzene rings is 1. The van der Waals surface area contributed by atoms with E-state index in [9.17, 15) is 18.0 Å². The molecule has 0 atom stereocenters. The molecule has 6 heteroatoms. The number of H-pyrrole nitrogens is 1. The van der Waals surface area contributed by atoms with Gasteiger partial charge < -0.3 is 4.98 Å². The number of nitrogens with zero attached hydrogens (tertiary/aromatic N) is 1. The lowest BCUT2D eigenvalue weighted by molar-refractivity contribution is -0.136. The molecule has 0 aliphatic carbocycles. The molecular formula is C9H5F3N2O. The molecule has 1 aromatic carbocycles. The minimum absolute atomic E-state index is 0.0357. The number of alkyl halides is 3. The van der Waals surface area contributed by atoms with Gasteiger partial charge in [-0.3, -0.25) is 4.79 Å². The predicted octanol–water partition coefficient (Wildman–Crippen LogP) is 1.94. The van der Waals surface area contributed by atoms with E-state index < -0.39 is 22.7 Å².